The largest absolute Gasteiger partial charge is 0.349 e. The molecule has 1 aliphatic heterocycles. The highest BCUT2D eigenvalue weighted by Gasteiger charge is 2.29. The van der Waals surface area contributed by atoms with Crippen LogP contribution >= 0.6 is 0 Å². The molecule has 0 spiro atoms. The van der Waals surface area contributed by atoms with Crippen LogP contribution in [0.5, 0.6) is 0 Å². The highest BCUT2D eigenvalue weighted by molar-refractivity contribution is 5.81. The van der Waals surface area contributed by atoms with Gasteiger partial charge in [-0.2, -0.15) is 0 Å². The normalized spacial score (nSPS) is 19.4. The van der Waals surface area contributed by atoms with Crippen LogP contribution in [-0.4, -0.2) is 48.9 Å². The standard InChI is InChI=1S/C17H25N3O2/c1-13(14-8-5-4-6-9-14)18-16(21)15-10-7-11-20(12-15)17(22)19(2)3/h4-6,8-9,13,15H,7,10-12H2,1-3H3,(H,18,21)/t13-,15-/m0/s1. The number of hydrogen-bond acceptors (Lipinski definition) is 2. The molecule has 1 heterocycles. The first-order valence-corrected chi connectivity index (χ1v) is 7.80. The Kier molecular flexibility index (Phi) is 5.41. The Morgan fingerprint density at radius 1 is 1.27 bits per heavy atom. The number of carbonyl (C=O) groups is 2. The molecule has 1 aliphatic rings. The average Bonchev–Trinajstić information content (AvgIpc) is 2.54. The van der Waals surface area contributed by atoms with Gasteiger partial charge >= 0.3 is 6.03 Å². The van der Waals surface area contributed by atoms with E-state index in [-0.39, 0.29) is 23.9 Å². The average molecular weight is 303 g/mol. The van der Waals surface area contributed by atoms with Gasteiger partial charge < -0.3 is 15.1 Å². The van der Waals surface area contributed by atoms with Gasteiger partial charge in [-0.15, -0.1) is 0 Å². The Balaban J connectivity index is 1.93. The van der Waals surface area contributed by atoms with Crippen LogP contribution in [0.3, 0.4) is 0 Å². The zero-order chi connectivity index (χ0) is 16.1. The van der Waals surface area contributed by atoms with E-state index in [4.69, 9.17) is 0 Å². The summed E-state index contributed by atoms with van der Waals surface area (Å²) in [5.74, 6) is -0.0866. The van der Waals surface area contributed by atoms with Crippen molar-refractivity contribution in [2.24, 2.45) is 5.92 Å². The lowest BCUT2D eigenvalue weighted by Crippen LogP contribution is -2.48. The summed E-state index contributed by atoms with van der Waals surface area (Å²) in [7, 11) is 3.48. The van der Waals surface area contributed by atoms with Gasteiger partial charge in [0.25, 0.3) is 0 Å². The Bertz CT molecular complexity index is 516. The minimum atomic E-state index is -0.121. The third kappa shape index (κ3) is 4.00. The molecule has 1 saturated heterocycles. The maximum Gasteiger partial charge on any atom is 0.319 e. The van der Waals surface area contributed by atoms with E-state index in [2.05, 4.69) is 5.32 Å². The molecule has 1 fully saturated rings. The van der Waals surface area contributed by atoms with Crippen molar-refractivity contribution < 1.29 is 9.59 Å². The molecule has 0 bridgehead atoms. The zero-order valence-electron chi connectivity index (χ0n) is 13.6. The van der Waals surface area contributed by atoms with Crippen molar-refractivity contribution in [1.29, 1.82) is 0 Å². The number of hydrogen-bond donors (Lipinski definition) is 1. The fraction of sp³-hybridized carbons (Fsp3) is 0.529. The molecule has 5 nitrogen and oxygen atoms in total. The van der Waals surface area contributed by atoms with Crippen LogP contribution in [0.2, 0.25) is 0 Å². The van der Waals surface area contributed by atoms with Crippen LogP contribution in [0.4, 0.5) is 4.79 Å². The van der Waals surface area contributed by atoms with Crippen molar-refractivity contribution in [1.82, 2.24) is 15.1 Å². The van der Waals surface area contributed by atoms with Gasteiger partial charge in [-0.25, -0.2) is 4.79 Å². The van der Waals surface area contributed by atoms with Crippen LogP contribution in [-0.2, 0) is 4.79 Å². The molecule has 5 heteroatoms. The number of nitrogens with zero attached hydrogens (tertiary/aromatic N) is 2. The maximum atomic E-state index is 12.5. The van der Waals surface area contributed by atoms with E-state index in [0.717, 1.165) is 24.9 Å². The Labute approximate surface area is 132 Å². The van der Waals surface area contributed by atoms with Crippen LogP contribution in [0.15, 0.2) is 30.3 Å². The molecule has 1 aromatic carbocycles. The van der Waals surface area contributed by atoms with E-state index in [1.54, 1.807) is 23.9 Å². The van der Waals surface area contributed by atoms with E-state index in [1.807, 2.05) is 37.3 Å². The van der Waals surface area contributed by atoms with E-state index in [9.17, 15) is 9.59 Å². The van der Waals surface area contributed by atoms with Crippen LogP contribution in [0, 0.1) is 5.92 Å². The van der Waals surface area contributed by atoms with E-state index in [1.165, 1.54) is 0 Å². The molecule has 0 unspecified atom stereocenters. The molecule has 3 amide bonds. The van der Waals surface area contributed by atoms with Gasteiger partial charge in [0.05, 0.1) is 12.0 Å². The molecular weight excluding hydrogens is 278 g/mol. The lowest BCUT2D eigenvalue weighted by molar-refractivity contribution is -0.127. The Morgan fingerprint density at radius 3 is 2.59 bits per heavy atom. The molecule has 0 aliphatic carbocycles. The molecule has 0 radical (unpaired) electrons. The van der Waals surface area contributed by atoms with Gasteiger partial charge in [0.15, 0.2) is 0 Å². The second-order valence-electron chi connectivity index (χ2n) is 6.10. The van der Waals surface area contributed by atoms with Crippen molar-refractivity contribution >= 4 is 11.9 Å². The first kappa shape index (κ1) is 16.3. The first-order chi connectivity index (χ1) is 10.5. The quantitative estimate of drug-likeness (QED) is 0.931. The second kappa shape index (κ2) is 7.29. The van der Waals surface area contributed by atoms with Gasteiger partial charge in [-0.3, -0.25) is 4.79 Å². The van der Waals surface area contributed by atoms with Gasteiger partial charge in [0.1, 0.15) is 0 Å². The molecule has 2 rings (SSSR count). The number of likely N-dealkylation sites (tertiary alicyclic amines) is 1. The highest BCUT2D eigenvalue weighted by Crippen LogP contribution is 2.19. The van der Waals surface area contributed by atoms with Gasteiger partial charge in [0.2, 0.25) is 5.91 Å². The van der Waals surface area contributed by atoms with Crippen LogP contribution in [0.25, 0.3) is 0 Å². The van der Waals surface area contributed by atoms with Crippen molar-refractivity contribution in [3.8, 4) is 0 Å². The lowest BCUT2D eigenvalue weighted by atomic mass is 9.96. The molecule has 120 valence electrons. The van der Waals surface area contributed by atoms with Crippen molar-refractivity contribution in [2.75, 3.05) is 27.2 Å². The van der Waals surface area contributed by atoms with Gasteiger partial charge in [-0.1, -0.05) is 30.3 Å². The number of carbonyl (C=O) groups excluding carboxylic acids is 2. The fourth-order valence-electron chi connectivity index (χ4n) is 2.80. The number of urea groups is 1. The number of nitrogens with one attached hydrogen (secondary N) is 1. The fourth-order valence-corrected chi connectivity index (χ4v) is 2.80. The second-order valence-corrected chi connectivity index (χ2v) is 6.10. The van der Waals surface area contributed by atoms with Crippen molar-refractivity contribution in [3.05, 3.63) is 35.9 Å². The smallest absolute Gasteiger partial charge is 0.319 e. The molecule has 0 saturated carbocycles. The number of amides is 3. The van der Waals surface area contributed by atoms with Crippen LogP contribution in [0.1, 0.15) is 31.4 Å². The molecule has 1 aromatic rings. The molecule has 0 aromatic heterocycles. The van der Waals surface area contributed by atoms with Crippen molar-refractivity contribution in [3.63, 3.8) is 0 Å². The summed E-state index contributed by atoms with van der Waals surface area (Å²) in [6.07, 6.45) is 1.71. The SMILES string of the molecule is C[C@H](NC(=O)[C@H]1CCCN(C(=O)N(C)C)C1)c1ccccc1. The molecule has 1 N–H and O–H groups in total. The number of piperidine rings is 1. The van der Waals surface area contributed by atoms with Crippen LogP contribution < -0.4 is 5.32 Å². The minimum absolute atomic E-state index is 0.0198. The summed E-state index contributed by atoms with van der Waals surface area (Å²) >= 11 is 0. The third-order valence-electron chi connectivity index (χ3n) is 4.10. The summed E-state index contributed by atoms with van der Waals surface area (Å²) < 4.78 is 0. The Morgan fingerprint density at radius 2 is 1.95 bits per heavy atom. The first-order valence-electron chi connectivity index (χ1n) is 7.80. The third-order valence-corrected chi connectivity index (χ3v) is 4.10. The number of rotatable bonds is 3. The minimum Gasteiger partial charge on any atom is -0.349 e. The van der Waals surface area contributed by atoms with E-state index in [0.29, 0.717) is 6.54 Å². The summed E-state index contributed by atoms with van der Waals surface area (Å²) in [4.78, 5) is 27.8. The maximum absolute atomic E-state index is 12.5. The van der Waals surface area contributed by atoms with E-state index >= 15 is 0 Å². The lowest BCUT2D eigenvalue weighted by Gasteiger charge is -2.34. The number of benzene rings is 1. The summed E-state index contributed by atoms with van der Waals surface area (Å²) in [6.45, 7) is 3.22. The molecular formula is C17H25N3O2. The molecule has 2 atom stereocenters. The summed E-state index contributed by atoms with van der Waals surface area (Å²) in [6, 6.07) is 9.87. The van der Waals surface area contributed by atoms with Gasteiger partial charge in [0, 0.05) is 27.2 Å². The van der Waals surface area contributed by atoms with E-state index < -0.39 is 0 Å². The Hall–Kier alpha value is -2.04. The topological polar surface area (TPSA) is 52.7 Å². The van der Waals surface area contributed by atoms with Gasteiger partial charge in [-0.05, 0) is 25.3 Å². The summed E-state index contributed by atoms with van der Waals surface area (Å²) in [5, 5.41) is 3.06. The summed E-state index contributed by atoms with van der Waals surface area (Å²) in [5.41, 5.74) is 1.09. The molecule has 22 heavy (non-hydrogen) atoms. The predicted molar refractivity (Wildman–Crippen MR) is 86.4 cm³/mol. The highest BCUT2D eigenvalue weighted by atomic mass is 16.2. The predicted octanol–water partition coefficient (Wildman–Crippen LogP) is 2.26. The zero-order valence-corrected chi connectivity index (χ0v) is 13.6. The van der Waals surface area contributed by atoms with Crippen molar-refractivity contribution in [2.45, 2.75) is 25.8 Å². The monoisotopic (exact) mass is 303 g/mol.